The monoisotopic (exact) mass is 442 g/mol. The molecule has 1 aliphatic carbocycles. The summed E-state index contributed by atoms with van der Waals surface area (Å²) in [6.07, 6.45) is 5.81. The molecule has 0 radical (unpaired) electrons. The zero-order valence-electron chi connectivity index (χ0n) is 14.4. The Morgan fingerprint density at radius 1 is 0.840 bits per heavy atom. The van der Waals surface area contributed by atoms with Crippen molar-refractivity contribution in [3.63, 3.8) is 0 Å². The molecule has 0 heterocycles. The maximum atomic E-state index is 3.60. The van der Waals surface area contributed by atoms with Crippen LogP contribution < -0.4 is 47.6 Å². The molecule has 0 N–H and O–H groups in total. The van der Waals surface area contributed by atoms with Crippen LogP contribution in [0.15, 0.2) is 77.0 Å². The molecule has 0 atom stereocenters. The molecule has 5 heteroatoms. The van der Waals surface area contributed by atoms with Crippen LogP contribution in [0.1, 0.15) is 26.7 Å². The van der Waals surface area contributed by atoms with Gasteiger partial charge in [0.15, 0.2) is 0 Å². The second-order valence-corrected chi connectivity index (χ2v) is 8.59. The Morgan fingerprint density at radius 2 is 1.28 bits per heavy atom. The van der Waals surface area contributed by atoms with Gasteiger partial charge in [0.25, 0.3) is 0 Å². The van der Waals surface area contributed by atoms with E-state index < -0.39 is 8.80 Å². The summed E-state index contributed by atoms with van der Waals surface area (Å²) in [6, 6.07) is 22.1. The van der Waals surface area contributed by atoms with Gasteiger partial charge in [-0.3, -0.25) is 0 Å². The quantitative estimate of drug-likeness (QED) is 0.327. The summed E-state index contributed by atoms with van der Waals surface area (Å²) in [7, 11) is -1.32. The predicted octanol–water partition coefficient (Wildman–Crippen LogP) is -5.56. The van der Waals surface area contributed by atoms with Gasteiger partial charge in [0.1, 0.15) is 0 Å². The van der Waals surface area contributed by atoms with Crippen LogP contribution in [-0.2, 0) is 21.7 Å². The summed E-state index contributed by atoms with van der Waals surface area (Å²) in [5, 5.41) is 4.69. The average molecular weight is 444 g/mol. The fourth-order valence-electron chi connectivity index (χ4n) is 3.25. The molecule has 0 saturated carbocycles. The zero-order chi connectivity index (χ0) is 14.7. The van der Waals surface area contributed by atoms with E-state index in [9.17, 15) is 0 Å². The Hall–Kier alpha value is -0.279. The minimum atomic E-state index is -1.32. The molecule has 0 amide bonds. The van der Waals surface area contributed by atoms with Crippen LogP contribution in [0.25, 0.3) is 0 Å². The van der Waals surface area contributed by atoms with E-state index in [-0.39, 0.29) is 58.9 Å². The van der Waals surface area contributed by atoms with Crippen molar-refractivity contribution in [1.82, 2.24) is 0 Å². The fourth-order valence-corrected chi connectivity index (χ4v) is 6.79. The first kappa shape index (κ1) is 26.9. The molecule has 0 nitrogen and oxygen atoms in total. The summed E-state index contributed by atoms with van der Waals surface area (Å²) >= 11 is 0. The molecule has 0 spiro atoms. The molecular weight excluding hydrogens is 423 g/mol. The fraction of sp³-hybridized carbons (Fsp3) is 0.200. The molecule has 0 bridgehead atoms. The second kappa shape index (κ2) is 13.0. The maximum Gasteiger partial charge on any atom is 4.00 e. The van der Waals surface area contributed by atoms with Crippen molar-refractivity contribution < 1.29 is 58.9 Å². The van der Waals surface area contributed by atoms with Crippen LogP contribution in [-0.4, -0.2) is 8.80 Å². The van der Waals surface area contributed by atoms with Crippen molar-refractivity contribution in [2.75, 3.05) is 0 Å². The molecule has 0 fully saturated rings. The number of benzene rings is 2. The van der Waals surface area contributed by atoms with Gasteiger partial charge in [0, 0.05) is 8.80 Å². The summed E-state index contributed by atoms with van der Waals surface area (Å²) in [5.41, 5.74) is 2.85. The van der Waals surface area contributed by atoms with Crippen LogP contribution in [0.2, 0.25) is 0 Å². The summed E-state index contributed by atoms with van der Waals surface area (Å²) in [5.74, 6) is 0. The van der Waals surface area contributed by atoms with E-state index in [1.165, 1.54) is 21.5 Å². The molecule has 25 heavy (non-hydrogen) atoms. The van der Waals surface area contributed by atoms with E-state index in [4.69, 9.17) is 0 Å². The minimum Gasteiger partial charge on any atom is -1.00 e. The van der Waals surface area contributed by atoms with Crippen LogP contribution in [0.5, 0.6) is 0 Å². The van der Waals surface area contributed by atoms with Gasteiger partial charge in [-0.15, -0.1) is 0 Å². The molecular formula is C20H21Cl3SiTi. The van der Waals surface area contributed by atoms with Crippen LogP contribution >= 0.6 is 0 Å². The topological polar surface area (TPSA) is 0 Å². The largest absolute Gasteiger partial charge is 4.00 e. The minimum absolute atomic E-state index is 0. The van der Waals surface area contributed by atoms with Crippen LogP contribution in [0, 0.1) is 6.08 Å². The van der Waals surface area contributed by atoms with Crippen molar-refractivity contribution in [3.05, 3.63) is 83.1 Å². The standard InChI is InChI=1S/C20H21Si.3ClH.Ti/c1-3-17-14-16(2)15-20(17)21(18-10-6-4-7-11-18)19-12-8-5-9-13-19;;;;/h4-13,21H,3,15H2,1-2H3;3*1H;/q-1;;;;+4/p-3. The van der Waals surface area contributed by atoms with Gasteiger partial charge in [-0.2, -0.15) is 5.57 Å². The van der Waals surface area contributed by atoms with Gasteiger partial charge >= 0.3 is 21.7 Å². The van der Waals surface area contributed by atoms with Crippen LogP contribution in [0.4, 0.5) is 0 Å². The molecule has 0 saturated heterocycles. The van der Waals surface area contributed by atoms with E-state index in [0.29, 0.717) is 0 Å². The Labute approximate surface area is 186 Å². The first-order valence-electron chi connectivity index (χ1n) is 7.71. The summed E-state index contributed by atoms with van der Waals surface area (Å²) < 4.78 is 0. The average Bonchev–Trinajstić information content (AvgIpc) is 2.90. The molecule has 0 unspecified atom stereocenters. The van der Waals surface area contributed by atoms with Gasteiger partial charge in [0.05, 0.1) is 0 Å². The third kappa shape index (κ3) is 6.43. The predicted molar refractivity (Wildman–Crippen MR) is 93.7 cm³/mol. The normalized spacial score (nSPS) is 12.4. The van der Waals surface area contributed by atoms with Crippen molar-refractivity contribution in [1.29, 1.82) is 0 Å². The smallest absolute Gasteiger partial charge is 1.00 e. The third-order valence-corrected chi connectivity index (χ3v) is 7.53. The Balaban J connectivity index is 0. The molecule has 3 rings (SSSR count). The first-order chi connectivity index (χ1) is 10.3. The Kier molecular flexibility index (Phi) is 14.0. The maximum absolute atomic E-state index is 3.60. The van der Waals surface area contributed by atoms with Crippen molar-refractivity contribution in [2.24, 2.45) is 0 Å². The van der Waals surface area contributed by atoms with E-state index in [2.05, 4.69) is 80.6 Å². The van der Waals surface area contributed by atoms with Gasteiger partial charge in [-0.1, -0.05) is 97.7 Å². The molecule has 1 aliphatic rings. The van der Waals surface area contributed by atoms with Crippen LogP contribution in [0.3, 0.4) is 0 Å². The summed E-state index contributed by atoms with van der Waals surface area (Å²) in [4.78, 5) is 0. The second-order valence-electron chi connectivity index (χ2n) is 5.69. The van der Waals surface area contributed by atoms with Gasteiger partial charge in [0.2, 0.25) is 0 Å². The number of halogens is 3. The van der Waals surface area contributed by atoms with E-state index >= 15 is 0 Å². The number of hydrogen-bond donors (Lipinski definition) is 0. The molecule has 0 aromatic heterocycles. The zero-order valence-corrected chi connectivity index (χ0v) is 19.4. The van der Waals surface area contributed by atoms with E-state index in [1.807, 2.05) is 0 Å². The molecule has 2 aromatic rings. The van der Waals surface area contributed by atoms with E-state index in [0.717, 1.165) is 12.8 Å². The van der Waals surface area contributed by atoms with Crippen molar-refractivity contribution in [2.45, 2.75) is 26.7 Å². The number of rotatable bonds is 4. The Bertz CT molecular complexity index is 645. The molecule has 130 valence electrons. The Morgan fingerprint density at radius 3 is 1.68 bits per heavy atom. The third-order valence-electron chi connectivity index (χ3n) is 4.18. The van der Waals surface area contributed by atoms with E-state index in [1.54, 1.807) is 5.20 Å². The molecule has 2 aromatic carbocycles. The van der Waals surface area contributed by atoms with Gasteiger partial charge in [-0.25, -0.2) is 16.8 Å². The SMILES string of the molecule is CCC1=C([SiH](c2ccccc2)c2ccccc2)CC(C)=[C-]1.[Cl-].[Cl-].[Cl-].[Ti+4]. The number of hydrogen-bond acceptors (Lipinski definition) is 0. The van der Waals surface area contributed by atoms with Crippen molar-refractivity contribution in [3.8, 4) is 0 Å². The first-order valence-corrected chi connectivity index (χ1v) is 9.44. The number of allylic oxidation sites excluding steroid dienone is 4. The van der Waals surface area contributed by atoms with Gasteiger partial charge in [-0.05, 0) is 0 Å². The van der Waals surface area contributed by atoms with Crippen molar-refractivity contribution >= 4 is 19.2 Å². The summed E-state index contributed by atoms with van der Waals surface area (Å²) in [6.45, 7) is 4.46. The van der Waals surface area contributed by atoms with Gasteiger partial charge < -0.3 is 37.2 Å². The molecule has 0 aliphatic heterocycles.